The Kier molecular flexibility index (Phi) is 9.93. The second kappa shape index (κ2) is 13.3. The molecule has 2 atom stereocenters. The Morgan fingerprint density at radius 3 is 2.49 bits per heavy atom. The van der Waals surface area contributed by atoms with Crippen LogP contribution in [0.15, 0.2) is 83.8 Å². The highest BCUT2D eigenvalue weighted by Gasteiger charge is 2.27. The highest BCUT2D eigenvalue weighted by Crippen LogP contribution is 2.29. The Hall–Kier alpha value is -4.02. The van der Waals surface area contributed by atoms with E-state index in [1.165, 1.54) is 18.2 Å². The molecule has 0 saturated carbocycles. The van der Waals surface area contributed by atoms with Crippen molar-refractivity contribution >= 4 is 40.8 Å². The van der Waals surface area contributed by atoms with Crippen molar-refractivity contribution in [2.45, 2.75) is 24.0 Å². The Morgan fingerprint density at radius 2 is 1.84 bits per heavy atom. The van der Waals surface area contributed by atoms with Gasteiger partial charge in [-0.05, 0) is 73.3 Å². The summed E-state index contributed by atoms with van der Waals surface area (Å²) in [5.41, 5.74) is 7.43. The predicted octanol–water partition coefficient (Wildman–Crippen LogP) is 5.73. The van der Waals surface area contributed by atoms with Crippen LogP contribution in [0.3, 0.4) is 0 Å². The summed E-state index contributed by atoms with van der Waals surface area (Å²) in [6.07, 6.45) is 1.65. The number of para-hydroxylation sites is 2. The van der Waals surface area contributed by atoms with Crippen LogP contribution in [0.4, 0.5) is 26.2 Å². The monoisotopic (exact) mass is 525 g/mol. The summed E-state index contributed by atoms with van der Waals surface area (Å²) in [5, 5.41) is 14.9. The molecule has 8 nitrogen and oxygen atoms in total. The normalized spacial score (nSPS) is 12.6. The van der Waals surface area contributed by atoms with E-state index in [1.54, 1.807) is 55.1 Å². The molecule has 0 fully saturated rings. The zero-order valence-electron chi connectivity index (χ0n) is 20.3. The summed E-state index contributed by atoms with van der Waals surface area (Å²) in [6.45, 7) is 1.94. The number of hydrogen-bond acceptors (Lipinski definition) is 7. The fraction of sp³-hybridized carbons (Fsp3) is 0.185. The lowest BCUT2D eigenvalue weighted by Gasteiger charge is -2.25. The van der Waals surface area contributed by atoms with Gasteiger partial charge in [-0.15, -0.1) is 11.8 Å². The number of amides is 2. The average Bonchev–Trinajstić information content (AvgIpc) is 2.89. The number of benzene rings is 3. The van der Waals surface area contributed by atoms with E-state index in [0.29, 0.717) is 17.1 Å². The molecule has 0 spiro atoms. The van der Waals surface area contributed by atoms with Crippen LogP contribution in [-0.4, -0.2) is 36.1 Å². The molecule has 3 rings (SSSR count). The van der Waals surface area contributed by atoms with E-state index < -0.39 is 35.8 Å². The summed E-state index contributed by atoms with van der Waals surface area (Å²) >= 11 is 1.56. The van der Waals surface area contributed by atoms with E-state index >= 15 is 0 Å². The van der Waals surface area contributed by atoms with Crippen LogP contribution in [0.2, 0.25) is 0 Å². The van der Waals surface area contributed by atoms with Gasteiger partial charge >= 0.3 is 6.09 Å². The van der Waals surface area contributed by atoms with E-state index in [2.05, 4.69) is 10.6 Å². The molecule has 0 unspecified atom stereocenters. The first kappa shape index (κ1) is 27.6. The minimum Gasteiger partial charge on any atom is -0.505 e. The van der Waals surface area contributed by atoms with Crippen molar-refractivity contribution in [3.63, 3.8) is 0 Å². The zero-order chi connectivity index (χ0) is 26.8. The van der Waals surface area contributed by atoms with Gasteiger partial charge in [0.1, 0.15) is 6.10 Å². The van der Waals surface area contributed by atoms with E-state index in [9.17, 15) is 19.1 Å². The maximum absolute atomic E-state index is 14.2. The fourth-order valence-corrected chi connectivity index (χ4v) is 3.77. The number of halogens is 1. The lowest BCUT2D eigenvalue weighted by Crippen LogP contribution is -2.28. The van der Waals surface area contributed by atoms with Gasteiger partial charge in [0.2, 0.25) is 5.91 Å². The number of phenols is 1. The number of nitrogens with two attached hydrogens (primary N) is 1. The van der Waals surface area contributed by atoms with Gasteiger partial charge in [0.15, 0.2) is 17.7 Å². The molecule has 0 aliphatic carbocycles. The van der Waals surface area contributed by atoms with Crippen LogP contribution in [-0.2, 0) is 14.3 Å². The summed E-state index contributed by atoms with van der Waals surface area (Å²) in [4.78, 5) is 26.3. The highest BCUT2D eigenvalue weighted by molar-refractivity contribution is 7.98. The smallest absolute Gasteiger partial charge is 0.412 e. The molecule has 3 aromatic carbocycles. The number of nitrogen functional groups attached to an aromatic ring is 1. The summed E-state index contributed by atoms with van der Waals surface area (Å²) in [6, 6.07) is 17.5. The lowest BCUT2D eigenvalue weighted by molar-refractivity contribution is -0.112. The van der Waals surface area contributed by atoms with Crippen LogP contribution in [0, 0.1) is 5.82 Å². The molecule has 0 aliphatic heterocycles. The van der Waals surface area contributed by atoms with Crippen LogP contribution in [0.25, 0.3) is 0 Å². The molecule has 0 saturated heterocycles. The molecule has 194 valence electrons. The van der Waals surface area contributed by atoms with Gasteiger partial charge in [-0.2, -0.15) is 0 Å². The number of nitrogens with one attached hydrogen (secondary N) is 2. The topological polar surface area (TPSA) is 123 Å². The number of thioether (sulfide) groups is 1. The van der Waals surface area contributed by atoms with Crippen molar-refractivity contribution in [2.24, 2.45) is 0 Å². The predicted molar refractivity (Wildman–Crippen MR) is 143 cm³/mol. The molecule has 10 heteroatoms. The second-order valence-electron chi connectivity index (χ2n) is 7.75. The maximum atomic E-state index is 14.2. The van der Waals surface area contributed by atoms with Gasteiger partial charge in [0, 0.05) is 23.3 Å². The van der Waals surface area contributed by atoms with Gasteiger partial charge < -0.3 is 25.6 Å². The fourth-order valence-electron chi connectivity index (χ4n) is 3.37. The van der Waals surface area contributed by atoms with Crippen LogP contribution in [0.5, 0.6) is 5.75 Å². The van der Waals surface area contributed by atoms with Crippen molar-refractivity contribution in [3.05, 3.63) is 90.3 Å². The molecular weight excluding hydrogens is 497 g/mol. The number of anilines is 3. The van der Waals surface area contributed by atoms with Crippen molar-refractivity contribution < 1.29 is 28.6 Å². The molecule has 0 aliphatic rings. The quantitative estimate of drug-likeness (QED) is 0.152. The highest BCUT2D eigenvalue weighted by atomic mass is 32.2. The third-order valence-corrected chi connectivity index (χ3v) is 5.93. The van der Waals surface area contributed by atoms with Crippen LogP contribution in [0.1, 0.15) is 18.6 Å². The first-order valence-electron chi connectivity index (χ1n) is 11.4. The van der Waals surface area contributed by atoms with Gasteiger partial charge in [0.25, 0.3) is 0 Å². The molecule has 2 amide bonds. The lowest BCUT2D eigenvalue weighted by atomic mass is 10.0. The molecule has 3 aromatic rings. The number of hydrogen-bond donors (Lipinski definition) is 4. The summed E-state index contributed by atoms with van der Waals surface area (Å²) in [7, 11) is 0. The van der Waals surface area contributed by atoms with E-state index in [4.69, 9.17) is 15.2 Å². The Bertz CT molecular complexity index is 1250. The number of aromatic hydroxyl groups is 1. The van der Waals surface area contributed by atoms with Gasteiger partial charge in [0.05, 0.1) is 11.4 Å². The Morgan fingerprint density at radius 1 is 1.11 bits per heavy atom. The first-order chi connectivity index (χ1) is 17.8. The maximum Gasteiger partial charge on any atom is 0.412 e. The van der Waals surface area contributed by atoms with Crippen LogP contribution >= 0.6 is 11.8 Å². The number of phenolic OH excluding ortho intramolecular Hbond substituents is 1. The minimum absolute atomic E-state index is 0.209. The van der Waals surface area contributed by atoms with Crippen molar-refractivity contribution in [1.29, 1.82) is 0 Å². The number of carbonyl (C=O) groups excluding carboxylic acids is 2. The largest absolute Gasteiger partial charge is 0.505 e. The van der Waals surface area contributed by atoms with Crippen molar-refractivity contribution in [1.82, 2.24) is 0 Å². The number of rotatable bonds is 10. The van der Waals surface area contributed by atoms with Gasteiger partial charge in [-0.3, -0.25) is 10.1 Å². The third kappa shape index (κ3) is 7.99. The molecule has 0 heterocycles. The Balaban J connectivity index is 1.83. The molecule has 37 heavy (non-hydrogen) atoms. The van der Waals surface area contributed by atoms with Gasteiger partial charge in [-0.25, -0.2) is 9.18 Å². The SMILES string of the molecule is CCO[C@H](/C=C/C(=O)Nc1ccccc1N)[C@H](OC(=O)Nc1ccc(SC)cc1)c1ccc(O)c(F)c1. The van der Waals surface area contributed by atoms with Crippen LogP contribution < -0.4 is 16.4 Å². The number of ether oxygens (including phenoxy) is 2. The summed E-state index contributed by atoms with van der Waals surface area (Å²) < 4.78 is 25.6. The van der Waals surface area contributed by atoms with E-state index in [0.717, 1.165) is 17.0 Å². The Labute approximate surface area is 218 Å². The van der Waals surface area contributed by atoms with E-state index in [-0.39, 0.29) is 12.2 Å². The third-order valence-electron chi connectivity index (χ3n) is 5.18. The zero-order valence-corrected chi connectivity index (χ0v) is 21.1. The summed E-state index contributed by atoms with van der Waals surface area (Å²) in [5.74, 6) is -1.93. The van der Waals surface area contributed by atoms with Crippen molar-refractivity contribution in [2.75, 3.05) is 29.2 Å². The van der Waals surface area contributed by atoms with E-state index in [1.807, 2.05) is 18.4 Å². The second-order valence-corrected chi connectivity index (χ2v) is 8.63. The first-order valence-corrected chi connectivity index (χ1v) is 12.6. The molecule has 0 aromatic heterocycles. The molecule has 0 radical (unpaired) electrons. The molecule has 5 N–H and O–H groups in total. The average molecular weight is 526 g/mol. The van der Waals surface area contributed by atoms with Gasteiger partial charge in [-0.1, -0.05) is 18.2 Å². The minimum atomic E-state index is -1.15. The van der Waals surface area contributed by atoms with Crippen molar-refractivity contribution in [3.8, 4) is 5.75 Å². The standard InChI is InChI=1S/C27H28FN3O5S/c1-3-35-24(14-15-25(33)31-22-7-5-4-6-21(22)29)26(17-8-13-23(32)20(28)16-17)36-27(34)30-18-9-11-19(37-2)12-10-18/h4-16,24,26,32H,3,29H2,1-2H3,(H,30,34)(H,31,33)/b15-14+/t24-,26-/m1/s1. The molecule has 0 bridgehead atoms. The molecular formula is C27H28FN3O5S. The number of carbonyl (C=O) groups is 2.